The summed E-state index contributed by atoms with van der Waals surface area (Å²) in [6.07, 6.45) is 9.50. The van der Waals surface area contributed by atoms with Crippen LogP contribution in [0, 0.1) is 0 Å². The molecule has 1 rings (SSSR count). The normalized spacial score (nSPS) is 12.4. The average molecular weight is 304 g/mol. The van der Waals surface area contributed by atoms with Crippen molar-refractivity contribution >= 4 is 0 Å². The Bertz CT molecular complexity index is 93.1. The first-order valence-corrected chi connectivity index (χ1v) is 3.16. The smallest absolute Gasteiger partial charge is 0 e. The minimum atomic E-state index is 0. The number of allylic oxidation sites excluding steroid dienone is 4. The molecule has 1 aliphatic rings. The van der Waals surface area contributed by atoms with Crippen LogP contribution < -0.4 is 0 Å². The molecule has 0 radical (unpaired) electrons. The van der Waals surface area contributed by atoms with E-state index in [1.165, 1.54) is 0 Å². The van der Waals surface area contributed by atoms with Crippen molar-refractivity contribution in [3.8, 4) is 0 Å². The first-order chi connectivity index (χ1) is 4.23. The van der Waals surface area contributed by atoms with Gasteiger partial charge in [-0.2, -0.15) is 0 Å². The van der Waals surface area contributed by atoms with E-state index in [1.807, 2.05) is 26.0 Å². The maximum atomic E-state index is 2.12. The SMILES string of the molecule is C1=CCC=C1.CN(C)C.[Hf]. The topological polar surface area (TPSA) is 3.24 Å². The van der Waals surface area contributed by atoms with Crippen molar-refractivity contribution < 1.29 is 25.8 Å². The molecule has 0 saturated carbocycles. The van der Waals surface area contributed by atoms with Crippen LogP contribution in [0.25, 0.3) is 0 Å². The maximum absolute atomic E-state index is 2.12. The molecule has 0 bridgehead atoms. The Balaban J connectivity index is 0. The molecule has 0 amide bonds. The van der Waals surface area contributed by atoms with Gasteiger partial charge in [-0.05, 0) is 27.6 Å². The van der Waals surface area contributed by atoms with E-state index in [9.17, 15) is 0 Å². The van der Waals surface area contributed by atoms with E-state index < -0.39 is 0 Å². The summed E-state index contributed by atoms with van der Waals surface area (Å²) < 4.78 is 0. The predicted molar refractivity (Wildman–Crippen MR) is 42.5 cm³/mol. The Labute approximate surface area is 82.6 Å². The fourth-order valence-electron chi connectivity index (χ4n) is 0.393. The summed E-state index contributed by atoms with van der Waals surface area (Å²) in [7, 11) is 6.00. The maximum Gasteiger partial charge on any atom is 0 e. The van der Waals surface area contributed by atoms with E-state index in [-0.39, 0.29) is 25.8 Å². The standard InChI is InChI=1S/C5H6.C3H9N.Hf/c1-2-4-5-3-1;1-4(2)3;/h1-4H,5H2;1-3H3;. The van der Waals surface area contributed by atoms with Crippen LogP contribution >= 0.6 is 0 Å². The van der Waals surface area contributed by atoms with Gasteiger partial charge in [-0.3, -0.25) is 0 Å². The van der Waals surface area contributed by atoms with Crippen LogP contribution in [0.2, 0.25) is 0 Å². The van der Waals surface area contributed by atoms with Crippen LogP contribution in [-0.2, 0) is 25.8 Å². The number of hydrogen-bond acceptors (Lipinski definition) is 1. The molecule has 56 valence electrons. The second-order valence-corrected chi connectivity index (χ2v) is 2.43. The molecule has 0 aromatic carbocycles. The molecule has 0 N–H and O–H groups in total. The zero-order valence-electron chi connectivity index (χ0n) is 6.96. The Morgan fingerprint density at radius 1 is 1.00 bits per heavy atom. The third-order valence-electron chi connectivity index (χ3n) is 0.655. The third kappa shape index (κ3) is 15.7. The van der Waals surface area contributed by atoms with E-state index in [4.69, 9.17) is 0 Å². The van der Waals surface area contributed by atoms with Crippen LogP contribution in [0.15, 0.2) is 24.3 Å². The summed E-state index contributed by atoms with van der Waals surface area (Å²) in [5, 5.41) is 0. The zero-order chi connectivity index (χ0) is 7.11. The minimum Gasteiger partial charge on any atom is -0.312 e. The van der Waals surface area contributed by atoms with E-state index in [1.54, 1.807) is 0 Å². The summed E-state index contributed by atoms with van der Waals surface area (Å²) in [6.45, 7) is 0. The molecule has 0 atom stereocenters. The van der Waals surface area contributed by atoms with Gasteiger partial charge in [-0.15, -0.1) is 0 Å². The van der Waals surface area contributed by atoms with Crippen LogP contribution in [-0.4, -0.2) is 26.0 Å². The summed E-state index contributed by atoms with van der Waals surface area (Å²) in [5.41, 5.74) is 0. The van der Waals surface area contributed by atoms with Gasteiger partial charge >= 0.3 is 0 Å². The molecule has 0 aromatic rings. The van der Waals surface area contributed by atoms with Gasteiger partial charge in [0.15, 0.2) is 0 Å². The van der Waals surface area contributed by atoms with Gasteiger partial charge in [0, 0.05) is 25.8 Å². The molecule has 0 unspecified atom stereocenters. The van der Waals surface area contributed by atoms with Gasteiger partial charge in [0.2, 0.25) is 0 Å². The molecule has 0 fully saturated rings. The molecule has 0 spiro atoms. The summed E-state index contributed by atoms with van der Waals surface area (Å²) in [6, 6.07) is 0. The van der Waals surface area contributed by atoms with Crippen molar-refractivity contribution in [2.75, 3.05) is 21.1 Å². The molecular weight excluding hydrogens is 289 g/mol. The predicted octanol–water partition coefficient (Wildman–Crippen LogP) is 1.68. The molecule has 10 heavy (non-hydrogen) atoms. The van der Waals surface area contributed by atoms with Gasteiger partial charge in [0.1, 0.15) is 0 Å². The van der Waals surface area contributed by atoms with Crippen LogP contribution in [0.4, 0.5) is 0 Å². The van der Waals surface area contributed by atoms with E-state index in [0.29, 0.717) is 0 Å². The summed E-state index contributed by atoms with van der Waals surface area (Å²) in [4.78, 5) is 2.00. The monoisotopic (exact) mass is 305 g/mol. The number of nitrogens with zero attached hydrogens (tertiary/aromatic N) is 1. The number of hydrogen-bond donors (Lipinski definition) is 0. The Hall–Kier alpha value is 0.310. The van der Waals surface area contributed by atoms with Gasteiger partial charge < -0.3 is 4.90 Å². The second-order valence-electron chi connectivity index (χ2n) is 2.43. The summed E-state index contributed by atoms with van der Waals surface area (Å²) >= 11 is 0. The van der Waals surface area contributed by atoms with Gasteiger partial charge in [-0.25, -0.2) is 0 Å². The quantitative estimate of drug-likeness (QED) is 0.616. The molecule has 0 aromatic heterocycles. The second kappa shape index (κ2) is 9.31. The first-order valence-electron chi connectivity index (χ1n) is 3.16. The Kier molecular flexibility index (Phi) is 12.0. The van der Waals surface area contributed by atoms with Crippen molar-refractivity contribution in [1.29, 1.82) is 0 Å². The first kappa shape index (κ1) is 12.9. The van der Waals surface area contributed by atoms with E-state index >= 15 is 0 Å². The van der Waals surface area contributed by atoms with Gasteiger partial charge in [0.25, 0.3) is 0 Å². The van der Waals surface area contributed by atoms with Crippen LogP contribution in [0.5, 0.6) is 0 Å². The Morgan fingerprint density at radius 2 is 1.30 bits per heavy atom. The summed E-state index contributed by atoms with van der Waals surface area (Å²) in [5.74, 6) is 0. The molecule has 0 heterocycles. The molecule has 1 nitrogen and oxygen atoms in total. The van der Waals surface area contributed by atoms with Crippen LogP contribution in [0.1, 0.15) is 6.42 Å². The average Bonchev–Trinajstić information content (AvgIpc) is 2.11. The van der Waals surface area contributed by atoms with Gasteiger partial charge in [0.05, 0.1) is 0 Å². The Morgan fingerprint density at radius 3 is 1.40 bits per heavy atom. The molecular formula is C8H15HfN. The van der Waals surface area contributed by atoms with Gasteiger partial charge in [-0.1, -0.05) is 24.3 Å². The third-order valence-corrected chi connectivity index (χ3v) is 0.655. The fraction of sp³-hybridized carbons (Fsp3) is 0.500. The van der Waals surface area contributed by atoms with E-state index in [2.05, 4.69) is 24.3 Å². The molecule has 1 aliphatic carbocycles. The largest absolute Gasteiger partial charge is 0.312 e. The van der Waals surface area contributed by atoms with E-state index in [0.717, 1.165) is 6.42 Å². The van der Waals surface area contributed by atoms with Crippen molar-refractivity contribution in [3.63, 3.8) is 0 Å². The zero-order valence-corrected chi connectivity index (χ0v) is 10.6. The van der Waals surface area contributed by atoms with Crippen LogP contribution in [0.3, 0.4) is 0 Å². The number of rotatable bonds is 0. The molecule has 0 saturated heterocycles. The van der Waals surface area contributed by atoms with Crippen molar-refractivity contribution in [1.82, 2.24) is 4.90 Å². The van der Waals surface area contributed by atoms with Crippen molar-refractivity contribution in [2.24, 2.45) is 0 Å². The minimum absolute atomic E-state index is 0. The fourth-order valence-corrected chi connectivity index (χ4v) is 0.393. The molecule has 0 aliphatic heterocycles. The van der Waals surface area contributed by atoms with Crippen molar-refractivity contribution in [2.45, 2.75) is 6.42 Å². The van der Waals surface area contributed by atoms with Crippen molar-refractivity contribution in [3.05, 3.63) is 24.3 Å². The molecule has 2 heteroatoms.